The minimum Gasteiger partial charge on any atom is -0.495 e. The van der Waals surface area contributed by atoms with Gasteiger partial charge >= 0.3 is 0 Å². The molecule has 1 aromatic carbocycles. The van der Waals surface area contributed by atoms with Crippen molar-refractivity contribution in [1.29, 1.82) is 0 Å². The highest BCUT2D eigenvalue weighted by Crippen LogP contribution is 2.30. The van der Waals surface area contributed by atoms with Crippen LogP contribution < -0.4 is 15.4 Å². The number of benzene rings is 1. The molecule has 0 unspecified atom stereocenters. The Morgan fingerprint density at radius 3 is 2.70 bits per heavy atom. The number of methoxy groups -OCH3 is 1. The maximum absolute atomic E-state index is 11.7. The molecule has 6 heteroatoms. The summed E-state index contributed by atoms with van der Waals surface area (Å²) in [5, 5.41) is 6.57. The summed E-state index contributed by atoms with van der Waals surface area (Å²) in [4.78, 5) is 16.0. The van der Waals surface area contributed by atoms with Gasteiger partial charge < -0.3 is 15.4 Å². The van der Waals surface area contributed by atoms with E-state index >= 15 is 0 Å². The van der Waals surface area contributed by atoms with E-state index in [1.807, 2.05) is 19.9 Å². The van der Waals surface area contributed by atoms with E-state index in [1.54, 1.807) is 37.6 Å². The number of rotatable bonds is 6. The van der Waals surface area contributed by atoms with Crippen LogP contribution in [0.25, 0.3) is 0 Å². The van der Waals surface area contributed by atoms with Crippen LogP contribution in [0.15, 0.2) is 36.5 Å². The molecule has 0 aliphatic rings. The van der Waals surface area contributed by atoms with Crippen LogP contribution in [-0.4, -0.2) is 18.0 Å². The van der Waals surface area contributed by atoms with E-state index in [-0.39, 0.29) is 5.91 Å². The summed E-state index contributed by atoms with van der Waals surface area (Å²) in [5.74, 6) is 1.49. The minimum atomic E-state index is -0.0373. The fourth-order valence-electron chi connectivity index (χ4n) is 2.04. The molecule has 23 heavy (non-hydrogen) atoms. The van der Waals surface area contributed by atoms with Gasteiger partial charge in [0.2, 0.25) is 5.91 Å². The molecule has 2 aromatic rings. The van der Waals surface area contributed by atoms with Gasteiger partial charge in [0.1, 0.15) is 11.6 Å². The Bertz CT molecular complexity index is 672. The van der Waals surface area contributed by atoms with Crippen molar-refractivity contribution in [3.63, 3.8) is 0 Å². The maximum atomic E-state index is 11.7. The number of carbonyl (C=O) groups excluding carboxylic acids is 1. The summed E-state index contributed by atoms with van der Waals surface area (Å²) in [6.07, 6.45) is 2.12. The van der Waals surface area contributed by atoms with Gasteiger partial charge in [-0.15, -0.1) is 0 Å². The molecule has 1 heterocycles. The molecule has 0 fully saturated rings. The Morgan fingerprint density at radius 1 is 1.30 bits per heavy atom. The number of amides is 1. The Balaban J connectivity index is 2.06. The first kappa shape index (κ1) is 17.1. The quantitative estimate of drug-likeness (QED) is 0.818. The molecular weight excluding hydrogens is 314 g/mol. The highest BCUT2D eigenvalue weighted by Gasteiger charge is 2.07. The van der Waals surface area contributed by atoms with Gasteiger partial charge in [0.15, 0.2) is 0 Å². The van der Waals surface area contributed by atoms with Crippen molar-refractivity contribution in [3.8, 4) is 5.75 Å². The predicted molar refractivity (Wildman–Crippen MR) is 93.6 cm³/mol. The molecule has 0 aliphatic heterocycles. The monoisotopic (exact) mass is 333 g/mol. The third-order valence-electron chi connectivity index (χ3n) is 3.07. The van der Waals surface area contributed by atoms with Gasteiger partial charge in [0, 0.05) is 11.4 Å². The SMILES string of the molecule is COc1ccc(Cl)cc1Nc1ccc(NC(=O)CC(C)C)nc1. The van der Waals surface area contributed by atoms with E-state index in [0.29, 0.717) is 28.9 Å². The lowest BCUT2D eigenvalue weighted by molar-refractivity contribution is -0.116. The Hall–Kier alpha value is -2.27. The maximum Gasteiger partial charge on any atom is 0.225 e. The zero-order valence-corrected chi connectivity index (χ0v) is 14.1. The molecule has 5 nitrogen and oxygen atoms in total. The molecule has 0 spiro atoms. The zero-order chi connectivity index (χ0) is 16.8. The molecule has 1 aromatic heterocycles. The number of nitrogens with one attached hydrogen (secondary N) is 2. The molecule has 0 saturated carbocycles. The van der Waals surface area contributed by atoms with E-state index in [9.17, 15) is 4.79 Å². The Kier molecular flexibility index (Phi) is 5.82. The fourth-order valence-corrected chi connectivity index (χ4v) is 2.21. The summed E-state index contributed by atoms with van der Waals surface area (Å²) in [6, 6.07) is 8.91. The summed E-state index contributed by atoms with van der Waals surface area (Å²) < 4.78 is 5.29. The van der Waals surface area contributed by atoms with Crippen LogP contribution in [0.5, 0.6) is 5.75 Å². The molecule has 2 rings (SSSR count). The van der Waals surface area contributed by atoms with Crippen molar-refractivity contribution < 1.29 is 9.53 Å². The van der Waals surface area contributed by atoms with Crippen LogP contribution in [0.2, 0.25) is 5.02 Å². The molecule has 122 valence electrons. The standard InChI is InChI=1S/C17H20ClN3O2/c1-11(2)8-17(22)21-16-7-5-13(10-19-16)20-14-9-12(18)4-6-15(14)23-3/h4-7,9-11,20H,8H2,1-3H3,(H,19,21,22). The number of halogens is 1. The van der Waals surface area contributed by atoms with Gasteiger partial charge in [-0.2, -0.15) is 0 Å². The largest absolute Gasteiger partial charge is 0.495 e. The summed E-state index contributed by atoms with van der Waals surface area (Å²) in [7, 11) is 1.60. The van der Waals surface area contributed by atoms with Crippen molar-refractivity contribution >= 4 is 34.7 Å². The van der Waals surface area contributed by atoms with Crippen molar-refractivity contribution in [3.05, 3.63) is 41.6 Å². The van der Waals surface area contributed by atoms with Gasteiger partial charge in [-0.1, -0.05) is 25.4 Å². The minimum absolute atomic E-state index is 0.0373. The number of pyridine rings is 1. The van der Waals surface area contributed by atoms with Crippen LogP contribution >= 0.6 is 11.6 Å². The second kappa shape index (κ2) is 7.83. The summed E-state index contributed by atoms with van der Waals surface area (Å²) in [5.41, 5.74) is 1.52. The lowest BCUT2D eigenvalue weighted by Gasteiger charge is -2.12. The highest BCUT2D eigenvalue weighted by molar-refractivity contribution is 6.31. The molecule has 0 aliphatic carbocycles. The van der Waals surface area contributed by atoms with E-state index in [4.69, 9.17) is 16.3 Å². The van der Waals surface area contributed by atoms with Gasteiger partial charge in [0.05, 0.1) is 24.7 Å². The average molecular weight is 334 g/mol. The van der Waals surface area contributed by atoms with Crippen LogP contribution in [0.4, 0.5) is 17.2 Å². The molecule has 2 N–H and O–H groups in total. The number of nitrogens with zero attached hydrogens (tertiary/aromatic N) is 1. The van der Waals surface area contributed by atoms with Crippen molar-refractivity contribution in [2.45, 2.75) is 20.3 Å². The number of anilines is 3. The van der Waals surface area contributed by atoms with Crippen LogP contribution in [-0.2, 0) is 4.79 Å². The van der Waals surface area contributed by atoms with Crippen molar-refractivity contribution in [2.75, 3.05) is 17.7 Å². The number of aromatic nitrogens is 1. The van der Waals surface area contributed by atoms with E-state index in [1.165, 1.54) is 0 Å². The van der Waals surface area contributed by atoms with E-state index in [0.717, 1.165) is 11.4 Å². The van der Waals surface area contributed by atoms with Gasteiger partial charge in [-0.05, 0) is 36.2 Å². The third-order valence-corrected chi connectivity index (χ3v) is 3.30. The first-order chi connectivity index (χ1) is 11.0. The second-order valence-corrected chi connectivity index (χ2v) is 5.98. The smallest absolute Gasteiger partial charge is 0.225 e. The van der Waals surface area contributed by atoms with Crippen LogP contribution in [0.3, 0.4) is 0 Å². The lowest BCUT2D eigenvalue weighted by Crippen LogP contribution is -2.14. The van der Waals surface area contributed by atoms with Gasteiger partial charge in [0.25, 0.3) is 0 Å². The highest BCUT2D eigenvalue weighted by atomic mass is 35.5. The van der Waals surface area contributed by atoms with Crippen molar-refractivity contribution in [2.24, 2.45) is 5.92 Å². The first-order valence-electron chi connectivity index (χ1n) is 7.34. The van der Waals surface area contributed by atoms with E-state index in [2.05, 4.69) is 15.6 Å². The van der Waals surface area contributed by atoms with E-state index < -0.39 is 0 Å². The molecule has 1 amide bonds. The van der Waals surface area contributed by atoms with Gasteiger partial charge in [-0.25, -0.2) is 4.98 Å². The first-order valence-corrected chi connectivity index (χ1v) is 7.72. The number of hydrogen-bond acceptors (Lipinski definition) is 4. The topological polar surface area (TPSA) is 63.2 Å². The third kappa shape index (κ3) is 5.14. The normalized spacial score (nSPS) is 10.5. The van der Waals surface area contributed by atoms with Gasteiger partial charge in [-0.3, -0.25) is 4.79 Å². The Labute approximate surface area is 141 Å². The molecule has 0 bridgehead atoms. The van der Waals surface area contributed by atoms with Crippen LogP contribution in [0.1, 0.15) is 20.3 Å². The predicted octanol–water partition coefficient (Wildman–Crippen LogP) is 4.47. The Morgan fingerprint density at radius 2 is 2.09 bits per heavy atom. The number of hydrogen-bond donors (Lipinski definition) is 2. The summed E-state index contributed by atoms with van der Waals surface area (Å²) in [6.45, 7) is 4.00. The fraction of sp³-hybridized carbons (Fsp3) is 0.294. The molecular formula is C17H20ClN3O2. The second-order valence-electron chi connectivity index (χ2n) is 5.55. The lowest BCUT2D eigenvalue weighted by atomic mass is 10.1. The molecule has 0 saturated heterocycles. The molecule has 0 radical (unpaired) electrons. The van der Waals surface area contributed by atoms with Crippen LogP contribution in [0, 0.1) is 5.92 Å². The number of ether oxygens (including phenoxy) is 1. The van der Waals surface area contributed by atoms with Crippen molar-refractivity contribution in [1.82, 2.24) is 4.98 Å². The average Bonchev–Trinajstić information content (AvgIpc) is 2.48. The molecule has 0 atom stereocenters. The zero-order valence-electron chi connectivity index (χ0n) is 13.4. The summed E-state index contributed by atoms with van der Waals surface area (Å²) >= 11 is 6.01. The number of carbonyl (C=O) groups is 1.